The van der Waals surface area contributed by atoms with Crippen LogP contribution >= 0.6 is 11.6 Å². The largest absolute Gasteiger partial charge is 0.349 e. The molecule has 1 N–H and O–H groups in total. The number of hydrogen-bond acceptors (Lipinski definition) is 5. The summed E-state index contributed by atoms with van der Waals surface area (Å²) in [7, 11) is -6.85. The van der Waals surface area contributed by atoms with Gasteiger partial charge in [-0.2, -0.15) is 0 Å². The van der Waals surface area contributed by atoms with Crippen LogP contribution in [0, 0.1) is 5.92 Å². The van der Waals surface area contributed by atoms with Crippen molar-refractivity contribution in [3.8, 4) is 0 Å². The van der Waals surface area contributed by atoms with Crippen LogP contribution in [0.15, 0.2) is 53.4 Å². The first-order chi connectivity index (χ1) is 15.0. The number of piperidine rings is 1. The monoisotopic (exact) mass is 498 g/mol. The van der Waals surface area contributed by atoms with Gasteiger partial charge in [0.1, 0.15) is 0 Å². The minimum absolute atomic E-state index is 0.137. The van der Waals surface area contributed by atoms with Crippen LogP contribution in [-0.2, 0) is 30.4 Å². The van der Waals surface area contributed by atoms with Crippen LogP contribution in [0.3, 0.4) is 0 Å². The standard InChI is InChI=1S/C22H27ClN2O5S2/c1-16(18-7-11-21(12-8-18)31(2,27)28)24-22(26)19-4-3-13-25(14-19)32(29,30)15-17-5-9-20(23)10-6-17/h5-12,16,19H,3-4,13-15H2,1-2H3,(H,24,26)/t16-,19+/m0/s1. The molecular formula is C22H27ClN2O5S2. The number of carbonyl (C=O) groups is 1. The van der Waals surface area contributed by atoms with E-state index in [9.17, 15) is 21.6 Å². The summed E-state index contributed by atoms with van der Waals surface area (Å²) in [6, 6.07) is 12.7. The van der Waals surface area contributed by atoms with Crippen molar-refractivity contribution in [2.24, 2.45) is 5.92 Å². The molecule has 3 rings (SSSR count). The lowest BCUT2D eigenvalue weighted by molar-refractivity contribution is -0.126. The third-order valence-electron chi connectivity index (χ3n) is 5.58. The summed E-state index contributed by atoms with van der Waals surface area (Å²) in [5, 5.41) is 3.47. The molecule has 7 nitrogen and oxygen atoms in total. The minimum Gasteiger partial charge on any atom is -0.349 e. The van der Waals surface area contributed by atoms with Crippen molar-refractivity contribution in [3.63, 3.8) is 0 Å². The Balaban J connectivity index is 1.62. The highest BCUT2D eigenvalue weighted by molar-refractivity contribution is 7.90. The average molecular weight is 499 g/mol. The maximum Gasteiger partial charge on any atom is 0.224 e. The van der Waals surface area contributed by atoms with Gasteiger partial charge in [0.2, 0.25) is 15.9 Å². The highest BCUT2D eigenvalue weighted by Crippen LogP contribution is 2.24. The fourth-order valence-corrected chi connectivity index (χ4v) is 6.08. The number of rotatable bonds is 7. The molecule has 174 valence electrons. The van der Waals surface area contributed by atoms with Crippen molar-refractivity contribution >= 4 is 37.4 Å². The van der Waals surface area contributed by atoms with E-state index < -0.39 is 25.8 Å². The number of sulfonamides is 1. The van der Waals surface area contributed by atoms with E-state index in [0.717, 1.165) is 11.8 Å². The van der Waals surface area contributed by atoms with Gasteiger partial charge in [0, 0.05) is 24.4 Å². The Morgan fingerprint density at radius 2 is 1.72 bits per heavy atom. The smallest absolute Gasteiger partial charge is 0.224 e. The van der Waals surface area contributed by atoms with Gasteiger partial charge in [0.25, 0.3) is 0 Å². The van der Waals surface area contributed by atoms with Crippen LogP contribution in [-0.4, -0.2) is 46.4 Å². The summed E-state index contributed by atoms with van der Waals surface area (Å²) in [6.07, 6.45) is 2.36. The molecule has 0 radical (unpaired) electrons. The number of benzene rings is 2. The molecule has 32 heavy (non-hydrogen) atoms. The molecule has 1 heterocycles. The number of hydrogen-bond donors (Lipinski definition) is 1. The molecule has 1 aliphatic heterocycles. The van der Waals surface area contributed by atoms with Crippen LogP contribution in [0.25, 0.3) is 0 Å². The highest BCUT2D eigenvalue weighted by atomic mass is 35.5. The summed E-state index contributed by atoms with van der Waals surface area (Å²) in [5.74, 6) is -0.792. The van der Waals surface area contributed by atoms with Crippen LogP contribution in [0.1, 0.15) is 36.9 Å². The second kappa shape index (κ2) is 9.91. The molecule has 0 aliphatic carbocycles. The number of amides is 1. The second-order valence-corrected chi connectivity index (χ2v) is 12.6. The van der Waals surface area contributed by atoms with Crippen molar-refractivity contribution in [2.75, 3.05) is 19.3 Å². The fraction of sp³-hybridized carbons (Fsp3) is 0.409. The average Bonchev–Trinajstić information content (AvgIpc) is 2.75. The van der Waals surface area contributed by atoms with E-state index in [-0.39, 0.29) is 29.1 Å². The van der Waals surface area contributed by atoms with Crippen molar-refractivity contribution in [2.45, 2.75) is 36.5 Å². The van der Waals surface area contributed by atoms with E-state index in [4.69, 9.17) is 11.6 Å². The van der Waals surface area contributed by atoms with Gasteiger partial charge in [-0.25, -0.2) is 21.1 Å². The minimum atomic E-state index is -3.56. The Kier molecular flexibility index (Phi) is 7.65. The fourth-order valence-electron chi connectivity index (χ4n) is 3.71. The lowest BCUT2D eigenvalue weighted by Crippen LogP contribution is -2.46. The summed E-state index contributed by atoms with van der Waals surface area (Å²) >= 11 is 5.87. The number of halogens is 1. The normalized spacial score (nSPS) is 18.8. The zero-order valence-electron chi connectivity index (χ0n) is 18.0. The number of carbonyl (C=O) groups excluding carboxylic acids is 1. The maximum atomic E-state index is 12.9. The van der Waals surface area contributed by atoms with E-state index in [1.54, 1.807) is 36.4 Å². The molecule has 1 aliphatic rings. The molecule has 0 saturated carbocycles. The first-order valence-electron chi connectivity index (χ1n) is 10.3. The molecule has 2 aromatic carbocycles. The molecule has 2 aromatic rings. The van der Waals surface area contributed by atoms with Gasteiger partial charge in [-0.15, -0.1) is 0 Å². The van der Waals surface area contributed by atoms with Crippen molar-refractivity contribution in [1.82, 2.24) is 9.62 Å². The summed E-state index contributed by atoms with van der Waals surface area (Å²) in [4.78, 5) is 13.0. The summed E-state index contributed by atoms with van der Waals surface area (Å²) in [6.45, 7) is 2.34. The highest BCUT2D eigenvalue weighted by Gasteiger charge is 2.32. The van der Waals surface area contributed by atoms with Crippen molar-refractivity contribution in [1.29, 1.82) is 0 Å². The van der Waals surface area contributed by atoms with E-state index >= 15 is 0 Å². The molecular weight excluding hydrogens is 472 g/mol. The van der Waals surface area contributed by atoms with Gasteiger partial charge >= 0.3 is 0 Å². The maximum absolute atomic E-state index is 12.9. The lowest BCUT2D eigenvalue weighted by atomic mass is 9.98. The Labute approximate surface area is 194 Å². The predicted octanol–water partition coefficient (Wildman–Crippen LogP) is 3.16. The first kappa shape index (κ1) is 24.7. The van der Waals surface area contributed by atoms with Crippen molar-refractivity contribution in [3.05, 3.63) is 64.7 Å². The Morgan fingerprint density at radius 1 is 1.09 bits per heavy atom. The van der Waals surface area contributed by atoms with Gasteiger partial charge in [-0.1, -0.05) is 35.9 Å². The van der Waals surface area contributed by atoms with E-state index in [1.807, 2.05) is 6.92 Å². The molecule has 2 atom stereocenters. The number of nitrogens with zero attached hydrogens (tertiary/aromatic N) is 1. The SMILES string of the molecule is C[C@H](NC(=O)[C@@H]1CCCN(S(=O)(=O)Cc2ccc(Cl)cc2)C1)c1ccc(S(C)(=O)=O)cc1. The molecule has 1 amide bonds. The zero-order chi connectivity index (χ0) is 23.5. The Morgan fingerprint density at radius 3 is 2.31 bits per heavy atom. The van der Waals surface area contributed by atoms with Crippen LogP contribution in [0.2, 0.25) is 5.02 Å². The summed E-state index contributed by atoms with van der Waals surface area (Å²) < 4.78 is 50.4. The third-order valence-corrected chi connectivity index (χ3v) is 8.77. The molecule has 0 aromatic heterocycles. The molecule has 1 saturated heterocycles. The van der Waals surface area contributed by atoms with E-state index in [2.05, 4.69) is 5.32 Å². The second-order valence-electron chi connectivity index (χ2n) is 8.15. The topological polar surface area (TPSA) is 101 Å². The molecule has 0 bridgehead atoms. The zero-order valence-corrected chi connectivity index (χ0v) is 20.4. The van der Waals surface area contributed by atoms with Crippen LogP contribution < -0.4 is 5.32 Å². The predicted molar refractivity (Wildman–Crippen MR) is 124 cm³/mol. The molecule has 1 fully saturated rings. The number of nitrogens with one attached hydrogen (secondary N) is 1. The first-order valence-corrected chi connectivity index (χ1v) is 14.2. The van der Waals surface area contributed by atoms with Gasteiger partial charge in [-0.05, 0) is 55.2 Å². The summed E-state index contributed by atoms with van der Waals surface area (Å²) in [5.41, 5.74) is 1.42. The molecule has 0 spiro atoms. The number of sulfone groups is 1. The van der Waals surface area contributed by atoms with Crippen LogP contribution in [0.5, 0.6) is 0 Å². The van der Waals surface area contributed by atoms with Gasteiger partial charge < -0.3 is 5.32 Å². The van der Waals surface area contributed by atoms with Gasteiger partial charge in [0.15, 0.2) is 9.84 Å². The Bertz CT molecular complexity index is 1160. The lowest BCUT2D eigenvalue weighted by Gasteiger charge is -2.32. The van der Waals surface area contributed by atoms with E-state index in [0.29, 0.717) is 30.0 Å². The third kappa shape index (κ3) is 6.31. The van der Waals surface area contributed by atoms with Gasteiger partial charge in [0.05, 0.1) is 22.6 Å². The molecule has 10 heteroatoms. The van der Waals surface area contributed by atoms with Crippen molar-refractivity contribution < 1.29 is 21.6 Å². The van der Waals surface area contributed by atoms with E-state index in [1.165, 1.54) is 16.4 Å². The van der Waals surface area contributed by atoms with Gasteiger partial charge in [-0.3, -0.25) is 4.79 Å². The Hall–Kier alpha value is -1.94. The molecule has 0 unspecified atom stereocenters. The quantitative estimate of drug-likeness (QED) is 0.632. The van der Waals surface area contributed by atoms with Crippen LogP contribution in [0.4, 0.5) is 0 Å².